The standard InChI is InChI=1S/C7H9BrN2O2S/c1-5(13(9,11)12)7-3-2-6(8)4-10-7/h2-5H,1H3,(H2,9,11,12). The Hall–Kier alpha value is -0.460. The lowest BCUT2D eigenvalue weighted by atomic mass is 10.3. The summed E-state index contributed by atoms with van der Waals surface area (Å²) in [5.74, 6) is 0. The van der Waals surface area contributed by atoms with Gasteiger partial charge in [0.05, 0.1) is 5.69 Å². The first-order chi connectivity index (χ1) is 5.91. The Kier molecular flexibility index (Phi) is 3.05. The molecule has 13 heavy (non-hydrogen) atoms. The molecule has 0 fully saturated rings. The number of nitrogens with zero attached hydrogens (tertiary/aromatic N) is 1. The fourth-order valence-corrected chi connectivity index (χ4v) is 1.51. The summed E-state index contributed by atoms with van der Waals surface area (Å²) in [6, 6.07) is 3.35. The van der Waals surface area contributed by atoms with E-state index in [9.17, 15) is 8.42 Å². The molecule has 0 saturated heterocycles. The van der Waals surface area contributed by atoms with E-state index in [0.717, 1.165) is 4.47 Å². The van der Waals surface area contributed by atoms with Crippen molar-refractivity contribution < 1.29 is 8.42 Å². The lowest BCUT2D eigenvalue weighted by molar-refractivity contribution is 0.586. The summed E-state index contributed by atoms with van der Waals surface area (Å²) in [6.45, 7) is 1.51. The smallest absolute Gasteiger partial charge is 0.217 e. The van der Waals surface area contributed by atoms with Crippen LogP contribution >= 0.6 is 15.9 Å². The molecule has 0 spiro atoms. The number of hydrogen-bond donors (Lipinski definition) is 1. The zero-order valence-corrected chi connectivity index (χ0v) is 9.34. The molecule has 72 valence electrons. The van der Waals surface area contributed by atoms with Gasteiger partial charge in [-0.15, -0.1) is 0 Å². The Morgan fingerprint density at radius 1 is 1.54 bits per heavy atom. The molecule has 6 heteroatoms. The predicted octanol–water partition coefficient (Wildman–Crippen LogP) is 1.19. The third-order valence-electron chi connectivity index (χ3n) is 1.66. The van der Waals surface area contributed by atoms with Crippen molar-refractivity contribution in [3.05, 3.63) is 28.5 Å². The van der Waals surface area contributed by atoms with E-state index >= 15 is 0 Å². The van der Waals surface area contributed by atoms with Crippen LogP contribution in [0.1, 0.15) is 17.9 Å². The van der Waals surface area contributed by atoms with Crippen molar-refractivity contribution in [2.24, 2.45) is 5.14 Å². The van der Waals surface area contributed by atoms with Crippen LogP contribution in [0.5, 0.6) is 0 Å². The maximum atomic E-state index is 10.9. The number of primary sulfonamides is 1. The van der Waals surface area contributed by atoms with Gasteiger partial charge in [0.2, 0.25) is 10.0 Å². The second kappa shape index (κ2) is 3.73. The minimum Gasteiger partial charge on any atom is -0.259 e. The highest BCUT2D eigenvalue weighted by Crippen LogP contribution is 2.18. The summed E-state index contributed by atoms with van der Waals surface area (Å²) >= 11 is 3.20. The summed E-state index contributed by atoms with van der Waals surface area (Å²) in [5.41, 5.74) is 0.450. The molecule has 1 unspecified atom stereocenters. The maximum Gasteiger partial charge on any atom is 0.217 e. The lowest BCUT2D eigenvalue weighted by Gasteiger charge is -2.07. The molecule has 0 aliphatic heterocycles. The molecule has 1 aromatic rings. The van der Waals surface area contributed by atoms with E-state index in [1.165, 1.54) is 13.1 Å². The first-order valence-corrected chi connectivity index (χ1v) is 5.94. The van der Waals surface area contributed by atoms with Crippen molar-refractivity contribution in [3.8, 4) is 0 Å². The van der Waals surface area contributed by atoms with E-state index in [1.54, 1.807) is 12.1 Å². The lowest BCUT2D eigenvalue weighted by Crippen LogP contribution is -2.19. The van der Waals surface area contributed by atoms with Gasteiger partial charge >= 0.3 is 0 Å². The molecule has 1 rings (SSSR count). The third-order valence-corrected chi connectivity index (χ3v) is 3.36. The molecule has 0 aliphatic rings. The highest BCUT2D eigenvalue weighted by atomic mass is 79.9. The van der Waals surface area contributed by atoms with Crippen LogP contribution in [0, 0.1) is 0 Å². The zero-order chi connectivity index (χ0) is 10.1. The van der Waals surface area contributed by atoms with E-state index in [1.807, 2.05) is 0 Å². The molecule has 4 nitrogen and oxygen atoms in total. The molecular weight excluding hydrogens is 256 g/mol. The summed E-state index contributed by atoms with van der Waals surface area (Å²) in [5, 5.41) is 4.21. The van der Waals surface area contributed by atoms with Crippen LogP contribution in [0.25, 0.3) is 0 Å². The van der Waals surface area contributed by atoms with Crippen molar-refractivity contribution in [2.75, 3.05) is 0 Å². The fourth-order valence-electron chi connectivity index (χ4n) is 0.796. The zero-order valence-electron chi connectivity index (χ0n) is 6.94. The van der Waals surface area contributed by atoms with Crippen molar-refractivity contribution in [1.29, 1.82) is 0 Å². The highest BCUT2D eigenvalue weighted by molar-refractivity contribution is 9.10. The molecular formula is C7H9BrN2O2S. The van der Waals surface area contributed by atoms with Crippen LogP contribution in [0.3, 0.4) is 0 Å². The van der Waals surface area contributed by atoms with E-state index in [4.69, 9.17) is 5.14 Å². The van der Waals surface area contributed by atoms with Gasteiger partial charge in [-0.2, -0.15) is 0 Å². The Morgan fingerprint density at radius 3 is 2.54 bits per heavy atom. The number of sulfonamides is 1. The first kappa shape index (κ1) is 10.6. The molecule has 0 amide bonds. The highest BCUT2D eigenvalue weighted by Gasteiger charge is 2.18. The topological polar surface area (TPSA) is 73.0 Å². The molecule has 1 atom stereocenters. The van der Waals surface area contributed by atoms with Gasteiger partial charge in [-0.3, -0.25) is 4.98 Å². The van der Waals surface area contributed by atoms with Crippen LogP contribution in [-0.2, 0) is 10.0 Å². The minimum atomic E-state index is -3.55. The van der Waals surface area contributed by atoms with E-state index in [-0.39, 0.29) is 0 Å². The van der Waals surface area contributed by atoms with Crippen molar-refractivity contribution in [2.45, 2.75) is 12.2 Å². The van der Waals surface area contributed by atoms with Crippen LogP contribution in [0.2, 0.25) is 0 Å². The fraction of sp³-hybridized carbons (Fsp3) is 0.286. The average molecular weight is 265 g/mol. The Labute approximate surface area is 85.3 Å². The van der Waals surface area contributed by atoms with Gasteiger partial charge in [-0.05, 0) is 35.0 Å². The first-order valence-electron chi connectivity index (χ1n) is 3.54. The Bertz CT molecular complexity index is 387. The van der Waals surface area contributed by atoms with Crippen molar-refractivity contribution in [3.63, 3.8) is 0 Å². The third kappa shape index (κ3) is 2.75. The van der Waals surface area contributed by atoms with E-state index in [0.29, 0.717) is 5.69 Å². The van der Waals surface area contributed by atoms with Gasteiger partial charge in [0.15, 0.2) is 0 Å². The van der Waals surface area contributed by atoms with Crippen molar-refractivity contribution >= 4 is 26.0 Å². The second-order valence-corrected chi connectivity index (χ2v) is 5.43. The molecule has 0 aromatic carbocycles. The molecule has 1 aromatic heterocycles. The SMILES string of the molecule is CC(c1ccc(Br)cn1)S(N)(=O)=O. The Morgan fingerprint density at radius 2 is 2.15 bits per heavy atom. The largest absolute Gasteiger partial charge is 0.259 e. The monoisotopic (exact) mass is 264 g/mol. The number of hydrogen-bond acceptors (Lipinski definition) is 3. The van der Waals surface area contributed by atoms with Crippen LogP contribution < -0.4 is 5.14 Å². The quantitative estimate of drug-likeness (QED) is 0.873. The van der Waals surface area contributed by atoms with Crippen molar-refractivity contribution in [1.82, 2.24) is 4.98 Å². The number of halogens is 1. The summed E-state index contributed by atoms with van der Waals surface area (Å²) in [4.78, 5) is 3.94. The van der Waals surface area contributed by atoms with Crippen LogP contribution in [0.4, 0.5) is 0 Å². The van der Waals surface area contributed by atoms with Gasteiger partial charge in [-0.1, -0.05) is 0 Å². The van der Waals surface area contributed by atoms with Gasteiger partial charge in [0, 0.05) is 10.7 Å². The number of nitrogens with two attached hydrogens (primary N) is 1. The minimum absolute atomic E-state index is 0.450. The van der Waals surface area contributed by atoms with Gasteiger partial charge in [-0.25, -0.2) is 13.6 Å². The second-order valence-electron chi connectivity index (χ2n) is 2.63. The summed E-state index contributed by atoms with van der Waals surface area (Å²) in [7, 11) is -3.55. The van der Waals surface area contributed by atoms with Gasteiger partial charge < -0.3 is 0 Å². The van der Waals surface area contributed by atoms with Crippen LogP contribution in [-0.4, -0.2) is 13.4 Å². The molecule has 2 N–H and O–H groups in total. The number of pyridine rings is 1. The molecule has 0 aliphatic carbocycles. The van der Waals surface area contributed by atoms with Gasteiger partial charge in [0.1, 0.15) is 5.25 Å². The predicted molar refractivity (Wildman–Crippen MR) is 53.5 cm³/mol. The molecule has 0 bridgehead atoms. The summed E-state index contributed by atoms with van der Waals surface area (Å²) < 4.78 is 22.7. The maximum absolute atomic E-state index is 10.9. The van der Waals surface area contributed by atoms with E-state index < -0.39 is 15.3 Å². The molecule has 0 saturated carbocycles. The summed E-state index contributed by atoms with van der Waals surface area (Å²) in [6.07, 6.45) is 1.54. The molecule has 0 radical (unpaired) electrons. The average Bonchev–Trinajstić information content (AvgIpc) is 2.03. The Balaban J connectivity index is 3.04. The number of aromatic nitrogens is 1. The van der Waals surface area contributed by atoms with Gasteiger partial charge in [0.25, 0.3) is 0 Å². The number of rotatable bonds is 2. The van der Waals surface area contributed by atoms with Crippen LogP contribution in [0.15, 0.2) is 22.8 Å². The normalized spacial score (nSPS) is 14.1. The van der Waals surface area contributed by atoms with E-state index in [2.05, 4.69) is 20.9 Å². The molecule has 1 heterocycles.